The first kappa shape index (κ1) is 22.5. The predicted molar refractivity (Wildman–Crippen MR) is 131 cm³/mol. The Hall–Kier alpha value is -4.65. The van der Waals surface area contributed by atoms with Crippen molar-refractivity contribution in [3.63, 3.8) is 0 Å². The number of rotatable bonds is 8. The minimum atomic E-state index is -0.226. The third kappa shape index (κ3) is 5.98. The van der Waals surface area contributed by atoms with Crippen molar-refractivity contribution in [2.45, 2.75) is 13.2 Å². The van der Waals surface area contributed by atoms with Crippen LogP contribution < -0.4 is 21.1 Å². The molecular formula is C27H24N4O3. The normalized spacial score (nSPS) is 10.4. The van der Waals surface area contributed by atoms with Crippen LogP contribution in [0.4, 0.5) is 11.4 Å². The highest BCUT2D eigenvalue weighted by Gasteiger charge is 2.08. The zero-order chi connectivity index (χ0) is 23.8. The summed E-state index contributed by atoms with van der Waals surface area (Å²) in [4.78, 5) is 28.6. The summed E-state index contributed by atoms with van der Waals surface area (Å²) in [5, 5.41) is 5.65. The van der Waals surface area contributed by atoms with Gasteiger partial charge in [0.2, 0.25) is 0 Å². The summed E-state index contributed by atoms with van der Waals surface area (Å²) in [6.07, 6.45) is 1.59. The molecule has 170 valence electrons. The molecule has 1 aromatic heterocycles. The molecule has 3 aromatic carbocycles. The Kier molecular flexibility index (Phi) is 7.15. The van der Waals surface area contributed by atoms with Crippen molar-refractivity contribution in [1.29, 1.82) is 0 Å². The molecule has 0 radical (unpaired) electrons. The number of para-hydroxylation sites is 2. The van der Waals surface area contributed by atoms with Crippen LogP contribution in [-0.2, 0) is 13.2 Å². The number of carbonyl (C=O) groups is 2. The fourth-order valence-corrected chi connectivity index (χ4v) is 3.20. The van der Waals surface area contributed by atoms with Crippen LogP contribution in [0.15, 0.2) is 97.2 Å². The molecule has 1 heterocycles. The smallest absolute Gasteiger partial charge is 0.270 e. The lowest BCUT2D eigenvalue weighted by Gasteiger charge is -2.10. The van der Waals surface area contributed by atoms with Gasteiger partial charge in [-0.1, -0.05) is 42.5 Å². The number of nitrogens with zero attached hydrogens (tertiary/aromatic N) is 1. The van der Waals surface area contributed by atoms with Gasteiger partial charge in [-0.2, -0.15) is 0 Å². The van der Waals surface area contributed by atoms with Crippen LogP contribution in [0.5, 0.6) is 5.75 Å². The average Bonchev–Trinajstić information content (AvgIpc) is 2.89. The minimum absolute atomic E-state index is 0.217. The van der Waals surface area contributed by atoms with Crippen LogP contribution in [0.2, 0.25) is 0 Å². The molecule has 0 saturated carbocycles. The highest BCUT2D eigenvalue weighted by Crippen LogP contribution is 2.19. The van der Waals surface area contributed by atoms with Crippen LogP contribution in [-0.4, -0.2) is 16.8 Å². The Balaban J connectivity index is 1.26. The quantitative estimate of drug-likeness (QED) is 0.343. The molecule has 0 aliphatic carbocycles. The van der Waals surface area contributed by atoms with E-state index in [-0.39, 0.29) is 11.8 Å². The molecule has 7 nitrogen and oxygen atoms in total. The molecule has 0 saturated heterocycles. The molecule has 0 bridgehead atoms. The maximum Gasteiger partial charge on any atom is 0.270 e. The summed E-state index contributed by atoms with van der Waals surface area (Å²) >= 11 is 0. The number of hydrogen-bond donors (Lipinski definition) is 3. The number of carbonyl (C=O) groups excluding carboxylic acids is 2. The second-order valence-corrected chi connectivity index (χ2v) is 7.57. The highest BCUT2D eigenvalue weighted by atomic mass is 16.5. The van der Waals surface area contributed by atoms with E-state index in [0.29, 0.717) is 41.5 Å². The topological polar surface area (TPSA) is 106 Å². The Labute approximate surface area is 197 Å². The number of hydrogen-bond acceptors (Lipinski definition) is 5. The van der Waals surface area contributed by atoms with Crippen molar-refractivity contribution < 1.29 is 14.3 Å². The van der Waals surface area contributed by atoms with Crippen molar-refractivity contribution in [2.24, 2.45) is 0 Å². The molecule has 0 fully saturated rings. The second kappa shape index (κ2) is 10.8. The molecule has 34 heavy (non-hydrogen) atoms. The van der Waals surface area contributed by atoms with E-state index < -0.39 is 0 Å². The van der Waals surface area contributed by atoms with E-state index in [1.807, 2.05) is 48.5 Å². The van der Waals surface area contributed by atoms with Gasteiger partial charge in [0.15, 0.2) is 0 Å². The predicted octanol–water partition coefficient (Wildman–Crippen LogP) is 4.43. The molecule has 4 rings (SSSR count). The molecular weight excluding hydrogens is 428 g/mol. The Morgan fingerprint density at radius 1 is 0.794 bits per heavy atom. The van der Waals surface area contributed by atoms with Gasteiger partial charge in [-0.15, -0.1) is 0 Å². The number of nitrogens with two attached hydrogens (primary N) is 1. The minimum Gasteiger partial charge on any atom is -0.489 e. The molecule has 0 aliphatic heterocycles. The van der Waals surface area contributed by atoms with Gasteiger partial charge in [-0.05, 0) is 59.7 Å². The SMILES string of the molecule is Nc1ccccc1NC(=O)c1ccc(COc2ccc(CNC(=O)c3ccccn3)cc2)cc1. The van der Waals surface area contributed by atoms with Crippen molar-refractivity contribution >= 4 is 23.2 Å². The third-order valence-electron chi connectivity index (χ3n) is 5.10. The summed E-state index contributed by atoms with van der Waals surface area (Å²) < 4.78 is 5.84. The number of ether oxygens (including phenoxy) is 1. The van der Waals surface area contributed by atoms with Crippen LogP contribution in [0.1, 0.15) is 32.0 Å². The van der Waals surface area contributed by atoms with Gasteiger partial charge in [0.25, 0.3) is 11.8 Å². The number of anilines is 2. The Morgan fingerprint density at radius 2 is 1.50 bits per heavy atom. The number of benzene rings is 3. The van der Waals surface area contributed by atoms with Gasteiger partial charge < -0.3 is 21.1 Å². The number of amides is 2. The monoisotopic (exact) mass is 452 g/mol. The number of nitrogen functional groups attached to an aromatic ring is 1. The molecule has 0 atom stereocenters. The lowest BCUT2D eigenvalue weighted by atomic mass is 10.1. The molecule has 0 aliphatic rings. The van der Waals surface area contributed by atoms with Crippen molar-refractivity contribution in [2.75, 3.05) is 11.1 Å². The zero-order valence-electron chi connectivity index (χ0n) is 18.4. The van der Waals surface area contributed by atoms with E-state index in [1.165, 1.54) is 0 Å². The lowest BCUT2D eigenvalue weighted by Crippen LogP contribution is -2.23. The first-order chi connectivity index (χ1) is 16.6. The summed E-state index contributed by atoms with van der Waals surface area (Å²) in [7, 11) is 0. The van der Waals surface area contributed by atoms with Crippen molar-refractivity contribution in [3.8, 4) is 5.75 Å². The van der Waals surface area contributed by atoms with E-state index in [1.54, 1.807) is 48.7 Å². The van der Waals surface area contributed by atoms with Gasteiger partial charge in [0.05, 0.1) is 11.4 Å². The number of pyridine rings is 1. The largest absolute Gasteiger partial charge is 0.489 e. The fraction of sp³-hybridized carbons (Fsp3) is 0.0741. The molecule has 0 spiro atoms. The van der Waals surface area contributed by atoms with E-state index in [4.69, 9.17) is 10.5 Å². The van der Waals surface area contributed by atoms with E-state index in [0.717, 1.165) is 11.1 Å². The van der Waals surface area contributed by atoms with Crippen LogP contribution >= 0.6 is 0 Å². The summed E-state index contributed by atoms with van der Waals surface area (Å²) in [6, 6.07) is 27.1. The van der Waals surface area contributed by atoms with E-state index >= 15 is 0 Å². The summed E-state index contributed by atoms with van der Waals surface area (Å²) in [5.41, 5.74) is 9.78. The van der Waals surface area contributed by atoms with Crippen molar-refractivity contribution in [1.82, 2.24) is 10.3 Å². The van der Waals surface area contributed by atoms with Gasteiger partial charge in [0.1, 0.15) is 18.1 Å². The molecule has 2 amide bonds. The number of nitrogens with one attached hydrogen (secondary N) is 2. The maximum atomic E-state index is 12.4. The highest BCUT2D eigenvalue weighted by molar-refractivity contribution is 6.05. The Bertz CT molecular complexity index is 1260. The van der Waals surface area contributed by atoms with E-state index in [9.17, 15) is 9.59 Å². The summed E-state index contributed by atoms with van der Waals surface area (Å²) in [5.74, 6) is 0.266. The van der Waals surface area contributed by atoms with Crippen LogP contribution in [0, 0.1) is 0 Å². The fourth-order valence-electron chi connectivity index (χ4n) is 3.20. The molecule has 4 N–H and O–H groups in total. The molecule has 0 unspecified atom stereocenters. The van der Waals surface area contributed by atoms with Crippen LogP contribution in [0.25, 0.3) is 0 Å². The van der Waals surface area contributed by atoms with Crippen LogP contribution in [0.3, 0.4) is 0 Å². The maximum absolute atomic E-state index is 12.4. The van der Waals surface area contributed by atoms with Gasteiger partial charge in [-0.25, -0.2) is 0 Å². The van der Waals surface area contributed by atoms with Crippen molar-refractivity contribution in [3.05, 3.63) is 120 Å². The Morgan fingerprint density at radius 3 is 2.21 bits per heavy atom. The van der Waals surface area contributed by atoms with E-state index in [2.05, 4.69) is 15.6 Å². The molecule has 7 heteroatoms. The van der Waals surface area contributed by atoms with Gasteiger partial charge in [0, 0.05) is 18.3 Å². The van der Waals surface area contributed by atoms with Gasteiger partial charge in [-0.3, -0.25) is 14.6 Å². The standard InChI is InChI=1S/C27H24N4O3/c28-23-5-1-2-6-24(23)31-26(32)21-12-8-20(9-13-21)18-34-22-14-10-19(11-15-22)17-30-27(33)25-7-3-4-16-29-25/h1-16H,17-18,28H2,(H,30,33)(H,31,32). The third-order valence-corrected chi connectivity index (χ3v) is 5.10. The molecule has 4 aromatic rings. The summed E-state index contributed by atoms with van der Waals surface area (Å²) in [6.45, 7) is 0.761. The average molecular weight is 453 g/mol. The number of aromatic nitrogens is 1. The second-order valence-electron chi connectivity index (χ2n) is 7.57. The lowest BCUT2D eigenvalue weighted by molar-refractivity contribution is 0.0945. The first-order valence-corrected chi connectivity index (χ1v) is 10.7. The van der Waals surface area contributed by atoms with Gasteiger partial charge >= 0.3 is 0 Å². The first-order valence-electron chi connectivity index (χ1n) is 10.7. The zero-order valence-corrected chi connectivity index (χ0v) is 18.4.